The Morgan fingerprint density at radius 1 is 1.06 bits per heavy atom. The zero-order chi connectivity index (χ0) is 23.5. The van der Waals surface area contributed by atoms with Crippen molar-refractivity contribution in [2.45, 2.75) is 0 Å². The number of esters is 1. The molecule has 12 nitrogen and oxygen atoms in total. The average Bonchev–Trinajstić information content (AvgIpc) is 3.19. The zero-order valence-corrected chi connectivity index (χ0v) is 17.4. The van der Waals surface area contributed by atoms with E-state index in [0.717, 1.165) is 0 Å². The number of hydrogen-bond acceptors (Lipinski definition) is 10. The molecule has 12 heteroatoms. The van der Waals surface area contributed by atoms with Crippen LogP contribution in [0.3, 0.4) is 0 Å². The van der Waals surface area contributed by atoms with Crippen LogP contribution in [0.4, 0.5) is 17.1 Å². The van der Waals surface area contributed by atoms with E-state index in [1.54, 1.807) is 12.1 Å². The number of hydrogen-bond donors (Lipinski definition) is 0. The van der Waals surface area contributed by atoms with Gasteiger partial charge in [-0.1, -0.05) is 6.07 Å². The lowest BCUT2D eigenvalue weighted by molar-refractivity contribution is -0.385. The number of cyclic esters (lactones) is 1. The SMILES string of the molecule is COc1ccc(C2=NC(=Cc3ccc(N4CCOCC4)c([N+](=O)[O-])c3)C(=O)O2)cc1[N+](=O)[O-]. The fourth-order valence-electron chi connectivity index (χ4n) is 3.50. The van der Waals surface area contributed by atoms with Gasteiger partial charge in [-0.25, -0.2) is 9.79 Å². The van der Waals surface area contributed by atoms with Gasteiger partial charge >= 0.3 is 11.7 Å². The van der Waals surface area contributed by atoms with E-state index in [0.29, 0.717) is 37.6 Å². The highest BCUT2D eigenvalue weighted by Gasteiger charge is 2.27. The van der Waals surface area contributed by atoms with Crippen LogP contribution < -0.4 is 9.64 Å². The summed E-state index contributed by atoms with van der Waals surface area (Å²) < 4.78 is 15.4. The van der Waals surface area contributed by atoms with E-state index in [2.05, 4.69) is 4.99 Å². The molecule has 2 aromatic carbocycles. The van der Waals surface area contributed by atoms with E-state index in [1.807, 2.05) is 4.90 Å². The van der Waals surface area contributed by atoms with Crippen LogP contribution in [0, 0.1) is 20.2 Å². The predicted octanol–water partition coefficient (Wildman–Crippen LogP) is 2.69. The molecule has 0 unspecified atom stereocenters. The topological polar surface area (TPSA) is 147 Å². The third kappa shape index (κ3) is 4.50. The Balaban J connectivity index is 1.66. The average molecular weight is 454 g/mol. The quantitative estimate of drug-likeness (QED) is 0.278. The first kappa shape index (κ1) is 21.9. The number of morpholine rings is 1. The van der Waals surface area contributed by atoms with Crippen LogP contribution in [0.2, 0.25) is 0 Å². The summed E-state index contributed by atoms with van der Waals surface area (Å²) in [6.07, 6.45) is 1.36. The van der Waals surface area contributed by atoms with Crippen LogP contribution in [0.25, 0.3) is 6.08 Å². The normalized spacial score (nSPS) is 17.0. The third-order valence-electron chi connectivity index (χ3n) is 5.09. The Hall–Kier alpha value is -4.32. The molecule has 0 saturated carbocycles. The molecule has 2 heterocycles. The second-order valence-corrected chi connectivity index (χ2v) is 7.08. The summed E-state index contributed by atoms with van der Waals surface area (Å²) in [6, 6.07) is 8.66. The lowest BCUT2D eigenvalue weighted by Gasteiger charge is -2.28. The number of nitrogens with zero attached hydrogens (tertiary/aromatic N) is 4. The van der Waals surface area contributed by atoms with Crippen LogP contribution in [0.5, 0.6) is 5.75 Å². The fourth-order valence-corrected chi connectivity index (χ4v) is 3.50. The Kier molecular flexibility index (Phi) is 6.00. The summed E-state index contributed by atoms with van der Waals surface area (Å²) in [6.45, 7) is 2.04. The minimum absolute atomic E-state index is 0.0529. The van der Waals surface area contributed by atoms with E-state index in [1.165, 1.54) is 37.5 Å². The molecule has 170 valence electrons. The number of nitro benzene ring substituents is 2. The third-order valence-corrected chi connectivity index (χ3v) is 5.09. The molecule has 0 atom stereocenters. The van der Waals surface area contributed by atoms with E-state index in [4.69, 9.17) is 14.2 Å². The number of nitro groups is 2. The van der Waals surface area contributed by atoms with E-state index in [-0.39, 0.29) is 34.3 Å². The molecule has 33 heavy (non-hydrogen) atoms. The van der Waals surface area contributed by atoms with Gasteiger partial charge in [0.2, 0.25) is 5.90 Å². The number of methoxy groups -OCH3 is 1. The minimum Gasteiger partial charge on any atom is -0.490 e. The summed E-state index contributed by atoms with van der Waals surface area (Å²) in [5.74, 6) is -0.836. The van der Waals surface area contributed by atoms with E-state index in [9.17, 15) is 25.0 Å². The molecule has 2 aromatic rings. The largest absolute Gasteiger partial charge is 0.490 e. The molecule has 4 rings (SSSR count). The molecule has 1 fully saturated rings. The molecule has 0 aromatic heterocycles. The van der Waals surface area contributed by atoms with Gasteiger partial charge in [0.05, 0.1) is 30.2 Å². The second kappa shape index (κ2) is 9.04. The summed E-state index contributed by atoms with van der Waals surface area (Å²) >= 11 is 0. The molecule has 1 saturated heterocycles. The summed E-state index contributed by atoms with van der Waals surface area (Å²) in [4.78, 5) is 40.1. The Morgan fingerprint density at radius 3 is 2.45 bits per heavy atom. The molecule has 0 aliphatic carbocycles. The van der Waals surface area contributed by atoms with Gasteiger partial charge in [-0.15, -0.1) is 0 Å². The number of carbonyl (C=O) groups excluding carboxylic acids is 1. The molecular weight excluding hydrogens is 436 g/mol. The van der Waals surface area contributed by atoms with Gasteiger partial charge in [-0.2, -0.15) is 0 Å². The maximum Gasteiger partial charge on any atom is 0.363 e. The molecule has 0 amide bonds. The van der Waals surface area contributed by atoms with Crippen molar-refractivity contribution in [3.05, 3.63) is 73.5 Å². The van der Waals surface area contributed by atoms with Crippen LogP contribution >= 0.6 is 0 Å². The van der Waals surface area contributed by atoms with Crippen LogP contribution in [-0.4, -0.2) is 55.1 Å². The highest BCUT2D eigenvalue weighted by Crippen LogP contribution is 2.32. The molecule has 0 N–H and O–H groups in total. The van der Waals surface area contributed by atoms with E-state index >= 15 is 0 Å². The molecule has 2 aliphatic rings. The van der Waals surface area contributed by atoms with Gasteiger partial charge in [0.1, 0.15) is 5.69 Å². The number of anilines is 1. The summed E-state index contributed by atoms with van der Waals surface area (Å²) in [5, 5.41) is 22.9. The van der Waals surface area contributed by atoms with Gasteiger partial charge in [0.15, 0.2) is 11.4 Å². The van der Waals surface area contributed by atoms with Crippen LogP contribution in [0.1, 0.15) is 11.1 Å². The number of ether oxygens (including phenoxy) is 3. The Labute approximate surface area is 187 Å². The number of aliphatic imine (C=N–C) groups is 1. The van der Waals surface area contributed by atoms with Crippen molar-refractivity contribution in [1.29, 1.82) is 0 Å². The van der Waals surface area contributed by atoms with Gasteiger partial charge in [0.25, 0.3) is 5.69 Å². The fraction of sp³-hybridized carbons (Fsp3) is 0.238. The first-order chi connectivity index (χ1) is 15.9. The maximum absolute atomic E-state index is 12.3. The van der Waals surface area contributed by atoms with Crippen molar-refractivity contribution >= 4 is 35.0 Å². The van der Waals surface area contributed by atoms with Crippen molar-refractivity contribution in [3.8, 4) is 5.75 Å². The lowest BCUT2D eigenvalue weighted by atomic mass is 10.1. The first-order valence-electron chi connectivity index (χ1n) is 9.84. The van der Waals surface area contributed by atoms with Crippen molar-refractivity contribution in [2.24, 2.45) is 4.99 Å². The Bertz CT molecular complexity index is 1200. The monoisotopic (exact) mass is 454 g/mol. The lowest BCUT2D eigenvalue weighted by Crippen LogP contribution is -2.36. The zero-order valence-electron chi connectivity index (χ0n) is 17.4. The van der Waals surface area contributed by atoms with Gasteiger partial charge in [0, 0.05) is 30.8 Å². The molecule has 2 aliphatic heterocycles. The van der Waals surface area contributed by atoms with Crippen LogP contribution in [-0.2, 0) is 14.3 Å². The number of carbonyl (C=O) groups is 1. The van der Waals surface area contributed by atoms with Gasteiger partial charge < -0.3 is 19.1 Å². The molecule has 0 spiro atoms. The highest BCUT2D eigenvalue weighted by molar-refractivity contribution is 6.13. The van der Waals surface area contributed by atoms with Crippen LogP contribution in [0.15, 0.2) is 47.1 Å². The minimum atomic E-state index is -0.775. The maximum atomic E-state index is 12.3. The molecule has 0 radical (unpaired) electrons. The molecule has 0 bridgehead atoms. The summed E-state index contributed by atoms with van der Waals surface area (Å²) in [5.41, 5.74) is 0.573. The standard InChI is InChI=1S/C21H18N4O8/c1-31-19-5-3-14(12-18(19)25(29)30)20-22-15(21(26)33-20)10-13-2-4-16(17(11-13)24(27)28)23-6-8-32-9-7-23/h2-5,10-12H,6-9H2,1H3. The summed E-state index contributed by atoms with van der Waals surface area (Å²) in [7, 11) is 1.31. The van der Waals surface area contributed by atoms with E-state index < -0.39 is 15.8 Å². The highest BCUT2D eigenvalue weighted by atomic mass is 16.6. The van der Waals surface area contributed by atoms with Crippen molar-refractivity contribution in [3.63, 3.8) is 0 Å². The van der Waals surface area contributed by atoms with Gasteiger partial charge in [-0.3, -0.25) is 20.2 Å². The first-order valence-corrected chi connectivity index (χ1v) is 9.84. The second-order valence-electron chi connectivity index (χ2n) is 7.08. The smallest absolute Gasteiger partial charge is 0.363 e. The number of rotatable bonds is 6. The molecular formula is C21H18N4O8. The van der Waals surface area contributed by atoms with Gasteiger partial charge in [-0.05, 0) is 29.8 Å². The van der Waals surface area contributed by atoms with Crippen molar-refractivity contribution in [1.82, 2.24) is 0 Å². The predicted molar refractivity (Wildman–Crippen MR) is 116 cm³/mol. The van der Waals surface area contributed by atoms with Crippen molar-refractivity contribution < 1.29 is 28.9 Å². The Morgan fingerprint density at radius 2 is 1.79 bits per heavy atom. The van der Waals surface area contributed by atoms with Crippen molar-refractivity contribution in [2.75, 3.05) is 38.3 Å². The number of benzene rings is 2.